The number of aliphatic hydroxyl groups excluding tert-OH is 1. The van der Waals surface area contributed by atoms with Gasteiger partial charge in [-0.15, -0.1) is 17.5 Å². The Morgan fingerprint density at radius 2 is 1.69 bits per heavy atom. The number of ketones is 1. The standard InChI is InChI=1S/C29H28NO2.C13H21F3O2.Ir/c1-29(2,3)17-24-22-7-5-4-6-19(22)15-23-27-26-20(8-11-30-27)14-21(16-25(26)32-28(23)24)18-9-12-31-13-10-18;1-4-9(5-2)11(17)7-12(18)10(6-3)8-13(14,15)16;/h4-8,11,14,16,18H,9-10,12-13,17H2,1-3H3;7,9-10,17H,4-6,8H2,1-3H3;/q-1;;/b;11-7-;. The Morgan fingerprint density at radius 3 is 2.31 bits per heavy atom. The van der Waals surface area contributed by atoms with Crippen molar-refractivity contribution in [2.75, 3.05) is 13.2 Å². The number of benzene rings is 3. The van der Waals surface area contributed by atoms with Gasteiger partial charge in [0, 0.05) is 68.5 Å². The summed E-state index contributed by atoms with van der Waals surface area (Å²) in [5.41, 5.74) is 4.70. The van der Waals surface area contributed by atoms with Crippen molar-refractivity contribution in [2.45, 2.75) is 98.6 Å². The van der Waals surface area contributed by atoms with Gasteiger partial charge in [0.1, 0.15) is 5.75 Å². The average molecular weight is 881 g/mol. The quantitative estimate of drug-likeness (QED) is 0.0907. The number of aromatic nitrogens is 1. The van der Waals surface area contributed by atoms with Crippen LogP contribution < -0.4 is 4.74 Å². The van der Waals surface area contributed by atoms with Gasteiger partial charge in [0.25, 0.3) is 0 Å². The van der Waals surface area contributed by atoms with Crippen molar-refractivity contribution in [3.63, 3.8) is 0 Å². The third kappa shape index (κ3) is 9.79. The molecule has 1 saturated heterocycles. The van der Waals surface area contributed by atoms with Gasteiger partial charge in [-0.25, -0.2) is 0 Å². The van der Waals surface area contributed by atoms with Crippen molar-refractivity contribution in [1.29, 1.82) is 0 Å². The topological polar surface area (TPSA) is 68.7 Å². The van der Waals surface area contributed by atoms with Crippen LogP contribution in [0.15, 0.2) is 60.5 Å². The van der Waals surface area contributed by atoms with Crippen LogP contribution in [0.3, 0.4) is 0 Å². The molecular weight excluding hydrogens is 832 g/mol. The van der Waals surface area contributed by atoms with E-state index in [1.54, 1.807) is 0 Å². The fourth-order valence-electron chi connectivity index (χ4n) is 7.07. The van der Waals surface area contributed by atoms with Crippen molar-refractivity contribution < 1.29 is 52.7 Å². The smallest absolute Gasteiger partial charge is 0.389 e. The molecule has 1 N–H and O–H groups in total. The molecule has 0 aliphatic carbocycles. The summed E-state index contributed by atoms with van der Waals surface area (Å²) in [5, 5.41) is 14.3. The molecule has 1 unspecified atom stereocenters. The minimum atomic E-state index is -4.35. The largest absolute Gasteiger partial charge is 0.512 e. The molecule has 2 aliphatic heterocycles. The molecule has 2 aliphatic rings. The molecule has 4 aromatic rings. The summed E-state index contributed by atoms with van der Waals surface area (Å²) >= 11 is 0. The molecule has 277 valence electrons. The number of hydrogen-bond donors (Lipinski definition) is 1. The zero-order chi connectivity index (χ0) is 36.2. The number of hydrogen-bond acceptors (Lipinski definition) is 5. The van der Waals surface area contributed by atoms with Crippen LogP contribution in [0.2, 0.25) is 0 Å². The van der Waals surface area contributed by atoms with Crippen LogP contribution in [-0.4, -0.2) is 35.3 Å². The van der Waals surface area contributed by atoms with E-state index in [0.29, 0.717) is 18.8 Å². The monoisotopic (exact) mass is 881 g/mol. The Hall–Kier alpha value is -3.26. The van der Waals surface area contributed by atoms with E-state index in [1.165, 1.54) is 28.8 Å². The van der Waals surface area contributed by atoms with Gasteiger partial charge in [-0.2, -0.15) is 13.2 Å². The molecule has 1 fully saturated rings. The molecule has 5 nitrogen and oxygen atoms in total. The maximum atomic E-state index is 12.2. The summed E-state index contributed by atoms with van der Waals surface area (Å²) in [4.78, 5) is 16.5. The first-order valence-corrected chi connectivity index (χ1v) is 17.9. The van der Waals surface area contributed by atoms with E-state index in [-0.39, 0.29) is 43.6 Å². The summed E-state index contributed by atoms with van der Waals surface area (Å²) in [6.07, 6.45) is 1.89. The van der Waals surface area contributed by atoms with Crippen LogP contribution >= 0.6 is 0 Å². The van der Waals surface area contributed by atoms with Gasteiger partial charge in [0.15, 0.2) is 5.78 Å². The zero-order valence-electron chi connectivity index (χ0n) is 30.4. The van der Waals surface area contributed by atoms with Crippen LogP contribution in [0, 0.1) is 23.3 Å². The molecule has 3 aromatic carbocycles. The number of pyridine rings is 1. The van der Waals surface area contributed by atoms with Gasteiger partial charge in [0.05, 0.1) is 17.9 Å². The Labute approximate surface area is 313 Å². The maximum Gasteiger partial charge on any atom is 0.389 e. The van der Waals surface area contributed by atoms with Gasteiger partial charge in [-0.05, 0) is 72.9 Å². The molecule has 9 heteroatoms. The molecule has 51 heavy (non-hydrogen) atoms. The van der Waals surface area contributed by atoms with Crippen LogP contribution in [0.1, 0.15) is 97.1 Å². The maximum absolute atomic E-state index is 12.2. The molecule has 0 spiro atoms. The van der Waals surface area contributed by atoms with Gasteiger partial charge >= 0.3 is 6.18 Å². The van der Waals surface area contributed by atoms with Crippen LogP contribution in [0.4, 0.5) is 13.2 Å². The fourth-order valence-corrected chi connectivity index (χ4v) is 7.07. The SMILES string of the molecule is CC(C)(C)Cc1c2c([c-]c3ccccc13)-c1nccc3cc(C4CCOCC4)cc(c13)O2.CCC(CC(F)(F)F)C(=O)/C=C(\O)C(CC)CC.[Ir]. The molecular formula is C42H49F3IrNO4-. The third-order valence-corrected chi connectivity index (χ3v) is 9.78. The molecule has 0 bridgehead atoms. The first-order valence-electron chi connectivity index (χ1n) is 17.9. The summed E-state index contributed by atoms with van der Waals surface area (Å²) in [7, 11) is 0. The third-order valence-electron chi connectivity index (χ3n) is 9.78. The van der Waals surface area contributed by atoms with E-state index < -0.39 is 24.3 Å². The molecule has 3 heterocycles. The van der Waals surface area contributed by atoms with Gasteiger partial charge in [-0.1, -0.05) is 82.3 Å². The van der Waals surface area contributed by atoms with E-state index in [4.69, 9.17) is 14.5 Å². The minimum absolute atomic E-state index is 0. The number of allylic oxidation sites excluding steroid dienone is 2. The first kappa shape index (κ1) is 40.5. The van der Waals surface area contributed by atoms with Gasteiger partial charge < -0.3 is 14.6 Å². The van der Waals surface area contributed by atoms with Gasteiger partial charge in [-0.3, -0.25) is 9.78 Å². The number of carbonyl (C=O) groups is 1. The molecule has 0 amide bonds. The fraction of sp³-hybridized carbons (Fsp3) is 0.476. The number of carbonyl (C=O) groups excluding carboxylic acids is 1. The predicted molar refractivity (Wildman–Crippen MR) is 194 cm³/mol. The Bertz CT molecular complexity index is 1850. The Kier molecular flexibility index (Phi) is 13.5. The van der Waals surface area contributed by atoms with E-state index in [0.717, 1.165) is 72.1 Å². The van der Waals surface area contributed by atoms with Crippen molar-refractivity contribution in [1.82, 2.24) is 4.98 Å². The second-order valence-electron chi connectivity index (χ2n) is 14.8. The molecule has 1 aromatic heterocycles. The van der Waals surface area contributed by atoms with E-state index in [9.17, 15) is 23.1 Å². The number of aliphatic hydroxyl groups is 1. The van der Waals surface area contributed by atoms with E-state index >= 15 is 0 Å². The second kappa shape index (κ2) is 17.0. The number of rotatable bonds is 9. The van der Waals surface area contributed by atoms with Crippen LogP contribution in [0.25, 0.3) is 32.8 Å². The van der Waals surface area contributed by atoms with Gasteiger partial charge in [0.2, 0.25) is 0 Å². The summed E-state index contributed by atoms with van der Waals surface area (Å²) < 4.78 is 49.1. The number of ether oxygens (including phenoxy) is 2. The zero-order valence-corrected chi connectivity index (χ0v) is 32.8. The first-order chi connectivity index (χ1) is 23.7. The van der Waals surface area contributed by atoms with Crippen molar-refractivity contribution in [2.24, 2.45) is 17.3 Å². The van der Waals surface area contributed by atoms with Crippen molar-refractivity contribution in [3.05, 3.63) is 77.7 Å². The summed E-state index contributed by atoms with van der Waals surface area (Å²) in [5.74, 6) is 0.376. The van der Waals surface area contributed by atoms with Crippen molar-refractivity contribution in [3.8, 4) is 22.8 Å². The number of alkyl halides is 3. The Morgan fingerprint density at radius 1 is 1.02 bits per heavy atom. The Balaban J connectivity index is 0.000000266. The number of fused-ring (bicyclic) bond motifs is 3. The van der Waals surface area contributed by atoms with Crippen molar-refractivity contribution >= 4 is 27.3 Å². The summed E-state index contributed by atoms with van der Waals surface area (Å²) in [6.45, 7) is 13.8. The van der Waals surface area contributed by atoms with E-state index in [1.807, 2.05) is 20.0 Å². The molecule has 1 atom stereocenters. The molecule has 0 saturated carbocycles. The summed E-state index contributed by atoms with van der Waals surface area (Å²) in [6, 6.07) is 18.9. The molecule has 1 radical (unpaired) electrons. The minimum Gasteiger partial charge on any atom is -0.512 e. The number of halogens is 3. The van der Waals surface area contributed by atoms with Crippen LogP contribution in [0.5, 0.6) is 11.5 Å². The predicted octanol–water partition coefficient (Wildman–Crippen LogP) is 11.9. The number of nitrogens with zero attached hydrogens (tertiary/aromatic N) is 1. The van der Waals surface area contributed by atoms with E-state index in [2.05, 4.69) is 69.3 Å². The molecule has 6 rings (SSSR count). The normalized spacial score (nSPS) is 15.5. The second-order valence-corrected chi connectivity index (χ2v) is 14.8. The van der Waals surface area contributed by atoms with Crippen LogP contribution in [-0.2, 0) is 36.1 Å². The average Bonchev–Trinajstić information content (AvgIpc) is 3.07.